The number of nitrogens with zero attached hydrogens (tertiary/aromatic N) is 4. The molecule has 1 atom stereocenters. The number of alkyl halides is 3. The van der Waals surface area contributed by atoms with Gasteiger partial charge < -0.3 is 5.11 Å². The Labute approximate surface area is 162 Å². The van der Waals surface area contributed by atoms with Crippen LogP contribution in [-0.4, -0.2) is 44.7 Å². The number of rotatable bonds is 6. The van der Waals surface area contributed by atoms with Gasteiger partial charge in [0.25, 0.3) is 0 Å². The predicted octanol–water partition coefficient (Wildman–Crippen LogP) is 3.44. The fourth-order valence-corrected chi connectivity index (χ4v) is 3.75. The molecule has 1 N–H and O–H groups in total. The van der Waals surface area contributed by atoms with Crippen molar-refractivity contribution in [1.82, 2.24) is 19.9 Å². The second kappa shape index (κ2) is 7.75. The molecule has 2 aromatic heterocycles. The molecule has 8 heteroatoms. The third kappa shape index (κ3) is 4.33. The van der Waals surface area contributed by atoms with Gasteiger partial charge in [0, 0.05) is 37.2 Å². The van der Waals surface area contributed by atoms with E-state index in [1.807, 2.05) is 18.2 Å². The van der Waals surface area contributed by atoms with Crippen molar-refractivity contribution in [1.29, 1.82) is 0 Å². The first-order valence-electron chi connectivity index (χ1n) is 9.32. The van der Waals surface area contributed by atoms with Crippen molar-refractivity contribution in [3.05, 3.63) is 53.9 Å². The Bertz CT molecular complexity index is 780. The number of hydrogen-bond donors (Lipinski definition) is 1. The van der Waals surface area contributed by atoms with Crippen molar-refractivity contribution in [2.24, 2.45) is 5.41 Å². The van der Waals surface area contributed by atoms with E-state index in [2.05, 4.69) is 33.7 Å². The standard InChI is InChI=1S/C20H25F3N4O/c1-18(2,16-5-3-4-9-24-16)27-10-8-19(13-27,14-28)7-6-15-11-25-17(26-12-15)20(21,22)23/h3-5,9,11-12,28H,6-8,10,13-14H2,1-2H3/t19-/m1/s1. The molecule has 3 rings (SSSR count). The summed E-state index contributed by atoms with van der Waals surface area (Å²) in [5.74, 6) is -1.13. The highest BCUT2D eigenvalue weighted by Crippen LogP contribution is 2.40. The molecular formula is C20H25F3N4O. The Morgan fingerprint density at radius 2 is 1.86 bits per heavy atom. The SMILES string of the molecule is CC(C)(c1ccccn1)N1CC[C@](CO)(CCc2cnc(C(F)(F)F)nc2)C1. The molecule has 28 heavy (non-hydrogen) atoms. The molecule has 0 amide bonds. The summed E-state index contributed by atoms with van der Waals surface area (Å²) in [5.41, 5.74) is 1.05. The van der Waals surface area contributed by atoms with Crippen molar-refractivity contribution in [3.8, 4) is 0 Å². The summed E-state index contributed by atoms with van der Waals surface area (Å²) in [4.78, 5) is 13.6. The molecule has 0 aliphatic carbocycles. The van der Waals surface area contributed by atoms with Crippen molar-refractivity contribution in [2.45, 2.75) is 44.8 Å². The lowest BCUT2D eigenvalue weighted by molar-refractivity contribution is -0.145. The smallest absolute Gasteiger partial charge is 0.396 e. The molecule has 1 aliphatic rings. The molecule has 0 spiro atoms. The maximum atomic E-state index is 12.6. The van der Waals surface area contributed by atoms with Gasteiger partial charge in [0.1, 0.15) is 0 Å². The average Bonchev–Trinajstić information content (AvgIpc) is 3.13. The van der Waals surface area contributed by atoms with Crippen LogP contribution < -0.4 is 0 Å². The molecule has 0 saturated carbocycles. The van der Waals surface area contributed by atoms with E-state index in [9.17, 15) is 18.3 Å². The maximum absolute atomic E-state index is 12.6. The number of aromatic nitrogens is 3. The highest BCUT2D eigenvalue weighted by molar-refractivity contribution is 5.15. The van der Waals surface area contributed by atoms with Gasteiger partial charge in [-0.25, -0.2) is 9.97 Å². The molecule has 0 bridgehead atoms. The van der Waals surface area contributed by atoms with E-state index in [0.717, 1.165) is 18.7 Å². The fourth-order valence-electron chi connectivity index (χ4n) is 3.75. The molecule has 3 heterocycles. The summed E-state index contributed by atoms with van der Waals surface area (Å²) in [6, 6.07) is 5.84. The van der Waals surface area contributed by atoms with Gasteiger partial charge in [-0.15, -0.1) is 0 Å². The lowest BCUT2D eigenvalue weighted by Gasteiger charge is -2.37. The van der Waals surface area contributed by atoms with Crippen LogP contribution in [0.4, 0.5) is 13.2 Å². The van der Waals surface area contributed by atoms with Gasteiger partial charge in [0.15, 0.2) is 0 Å². The zero-order valence-corrected chi connectivity index (χ0v) is 16.1. The summed E-state index contributed by atoms with van der Waals surface area (Å²) in [5, 5.41) is 10.1. The Hall–Kier alpha value is -2.06. The zero-order valence-electron chi connectivity index (χ0n) is 16.1. The van der Waals surface area contributed by atoms with Gasteiger partial charge >= 0.3 is 6.18 Å². The molecule has 2 aromatic rings. The van der Waals surface area contributed by atoms with Gasteiger partial charge in [-0.1, -0.05) is 6.07 Å². The van der Waals surface area contributed by atoms with Gasteiger partial charge in [0.2, 0.25) is 5.82 Å². The van der Waals surface area contributed by atoms with Crippen LogP contribution in [0.15, 0.2) is 36.8 Å². The summed E-state index contributed by atoms with van der Waals surface area (Å²) < 4.78 is 37.8. The van der Waals surface area contributed by atoms with Gasteiger partial charge in [-0.3, -0.25) is 9.88 Å². The Kier molecular flexibility index (Phi) is 5.72. The van der Waals surface area contributed by atoms with Gasteiger partial charge in [-0.2, -0.15) is 13.2 Å². The third-order valence-electron chi connectivity index (χ3n) is 5.76. The van der Waals surface area contributed by atoms with E-state index in [0.29, 0.717) is 24.9 Å². The van der Waals surface area contributed by atoms with E-state index in [4.69, 9.17) is 0 Å². The van der Waals surface area contributed by atoms with Crippen molar-refractivity contribution < 1.29 is 18.3 Å². The average molecular weight is 394 g/mol. The number of pyridine rings is 1. The minimum absolute atomic E-state index is 0.0310. The second-order valence-corrected chi connectivity index (χ2v) is 8.02. The molecule has 0 radical (unpaired) electrons. The van der Waals surface area contributed by atoms with E-state index in [-0.39, 0.29) is 17.6 Å². The van der Waals surface area contributed by atoms with Gasteiger partial charge in [0.05, 0.1) is 11.2 Å². The fraction of sp³-hybridized carbons (Fsp3) is 0.550. The number of likely N-dealkylation sites (tertiary alicyclic amines) is 1. The Morgan fingerprint density at radius 3 is 2.43 bits per heavy atom. The third-order valence-corrected chi connectivity index (χ3v) is 5.76. The number of aliphatic hydroxyl groups is 1. The minimum Gasteiger partial charge on any atom is -0.396 e. The molecule has 1 saturated heterocycles. The van der Waals surface area contributed by atoms with Crippen LogP contribution in [0.2, 0.25) is 0 Å². The molecular weight excluding hydrogens is 369 g/mol. The van der Waals surface area contributed by atoms with Crippen LogP contribution in [0.25, 0.3) is 0 Å². The number of hydrogen-bond acceptors (Lipinski definition) is 5. The maximum Gasteiger partial charge on any atom is 0.451 e. The first kappa shape index (κ1) is 20.7. The first-order chi connectivity index (χ1) is 13.2. The van der Waals surface area contributed by atoms with Crippen molar-refractivity contribution in [2.75, 3.05) is 19.7 Å². The minimum atomic E-state index is -4.53. The number of aliphatic hydroxyl groups excluding tert-OH is 1. The van der Waals surface area contributed by atoms with Crippen LogP contribution >= 0.6 is 0 Å². The highest BCUT2D eigenvalue weighted by atomic mass is 19.4. The van der Waals surface area contributed by atoms with Crippen LogP contribution in [0.5, 0.6) is 0 Å². The Balaban J connectivity index is 1.66. The van der Waals surface area contributed by atoms with E-state index in [1.165, 1.54) is 12.4 Å². The summed E-state index contributed by atoms with van der Waals surface area (Å²) in [6.07, 6.45) is 1.70. The first-order valence-corrected chi connectivity index (χ1v) is 9.32. The molecule has 1 aliphatic heterocycles. The largest absolute Gasteiger partial charge is 0.451 e. The van der Waals surface area contributed by atoms with E-state index in [1.54, 1.807) is 6.20 Å². The number of aryl methyl sites for hydroxylation is 1. The second-order valence-electron chi connectivity index (χ2n) is 8.02. The normalized spacial score (nSPS) is 21.2. The molecule has 1 fully saturated rings. The molecule has 0 unspecified atom stereocenters. The lowest BCUT2D eigenvalue weighted by atomic mass is 9.82. The van der Waals surface area contributed by atoms with Crippen molar-refractivity contribution in [3.63, 3.8) is 0 Å². The lowest BCUT2D eigenvalue weighted by Crippen LogP contribution is -2.42. The van der Waals surface area contributed by atoms with Crippen LogP contribution in [0, 0.1) is 5.41 Å². The van der Waals surface area contributed by atoms with Crippen LogP contribution in [-0.2, 0) is 18.1 Å². The Morgan fingerprint density at radius 1 is 1.14 bits per heavy atom. The van der Waals surface area contributed by atoms with E-state index >= 15 is 0 Å². The summed E-state index contributed by atoms with van der Waals surface area (Å²) in [6.45, 7) is 5.80. The van der Waals surface area contributed by atoms with Crippen molar-refractivity contribution >= 4 is 0 Å². The van der Waals surface area contributed by atoms with Crippen LogP contribution in [0.1, 0.15) is 43.8 Å². The van der Waals surface area contributed by atoms with Crippen LogP contribution in [0.3, 0.4) is 0 Å². The monoisotopic (exact) mass is 394 g/mol. The van der Waals surface area contributed by atoms with Gasteiger partial charge in [-0.05, 0) is 57.4 Å². The quantitative estimate of drug-likeness (QED) is 0.813. The van der Waals surface area contributed by atoms with E-state index < -0.39 is 12.0 Å². The zero-order chi connectivity index (χ0) is 20.4. The highest BCUT2D eigenvalue weighted by Gasteiger charge is 2.43. The summed E-state index contributed by atoms with van der Waals surface area (Å²) in [7, 11) is 0. The molecule has 5 nitrogen and oxygen atoms in total. The topological polar surface area (TPSA) is 62.1 Å². The predicted molar refractivity (Wildman–Crippen MR) is 98.3 cm³/mol. The molecule has 152 valence electrons. The molecule has 0 aromatic carbocycles. The summed E-state index contributed by atoms with van der Waals surface area (Å²) >= 11 is 0. The number of halogens is 3.